The fourth-order valence-corrected chi connectivity index (χ4v) is 3.34. The van der Waals surface area contributed by atoms with Crippen molar-refractivity contribution in [2.24, 2.45) is 5.92 Å². The number of anilines is 1. The molecule has 132 valence electrons. The van der Waals surface area contributed by atoms with Crippen LogP contribution in [0.15, 0.2) is 6.07 Å². The number of piperidine rings is 1. The zero-order valence-corrected chi connectivity index (χ0v) is 14.6. The van der Waals surface area contributed by atoms with E-state index in [1.165, 1.54) is 0 Å². The van der Waals surface area contributed by atoms with E-state index in [0.29, 0.717) is 24.3 Å². The third-order valence-corrected chi connectivity index (χ3v) is 4.67. The van der Waals surface area contributed by atoms with Gasteiger partial charge in [-0.3, -0.25) is 4.79 Å². The topological polar surface area (TPSA) is 70.6 Å². The molecule has 0 radical (unpaired) electrons. The SMILES string of the molecule is CCOc1cc(C)nc(N2CCN(C(=O)C3CCNCC3)CC2)n1. The van der Waals surface area contributed by atoms with Gasteiger partial charge in [0.2, 0.25) is 17.7 Å². The van der Waals surface area contributed by atoms with Gasteiger partial charge in [0.15, 0.2) is 0 Å². The summed E-state index contributed by atoms with van der Waals surface area (Å²) in [5.74, 6) is 1.83. The van der Waals surface area contributed by atoms with Gasteiger partial charge in [-0.1, -0.05) is 0 Å². The Kier molecular flexibility index (Phi) is 5.50. The predicted octanol–water partition coefficient (Wildman–Crippen LogP) is 0.832. The number of rotatable bonds is 4. The molecule has 2 aliphatic rings. The largest absolute Gasteiger partial charge is 0.478 e. The Morgan fingerprint density at radius 1 is 1.25 bits per heavy atom. The number of hydrogen-bond acceptors (Lipinski definition) is 6. The van der Waals surface area contributed by atoms with Crippen molar-refractivity contribution in [2.45, 2.75) is 26.7 Å². The van der Waals surface area contributed by atoms with Crippen LogP contribution in [0.3, 0.4) is 0 Å². The van der Waals surface area contributed by atoms with Gasteiger partial charge in [0.05, 0.1) is 6.61 Å². The lowest BCUT2D eigenvalue weighted by molar-refractivity contribution is -0.136. The first-order valence-corrected chi connectivity index (χ1v) is 8.90. The van der Waals surface area contributed by atoms with Crippen molar-refractivity contribution >= 4 is 11.9 Å². The lowest BCUT2D eigenvalue weighted by Crippen LogP contribution is -2.51. The van der Waals surface area contributed by atoms with Crippen molar-refractivity contribution in [3.8, 4) is 5.88 Å². The summed E-state index contributed by atoms with van der Waals surface area (Å²) >= 11 is 0. The number of amides is 1. The maximum Gasteiger partial charge on any atom is 0.228 e. The molecule has 7 heteroatoms. The molecular formula is C17H27N5O2. The van der Waals surface area contributed by atoms with Crippen molar-refractivity contribution in [3.63, 3.8) is 0 Å². The molecule has 0 aliphatic carbocycles. The second-order valence-electron chi connectivity index (χ2n) is 6.42. The molecule has 1 N–H and O–H groups in total. The third kappa shape index (κ3) is 3.95. The maximum absolute atomic E-state index is 12.6. The van der Waals surface area contributed by atoms with E-state index in [1.807, 2.05) is 24.8 Å². The molecule has 0 spiro atoms. The Balaban J connectivity index is 1.59. The number of hydrogen-bond donors (Lipinski definition) is 1. The molecule has 0 atom stereocenters. The van der Waals surface area contributed by atoms with Gasteiger partial charge >= 0.3 is 0 Å². The molecule has 1 aromatic heterocycles. The van der Waals surface area contributed by atoms with E-state index in [9.17, 15) is 4.79 Å². The van der Waals surface area contributed by atoms with E-state index in [0.717, 1.165) is 57.8 Å². The van der Waals surface area contributed by atoms with E-state index in [4.69, 9.17) is 4.74 Å². The van der Waals surface area contributed by atoms with Gasteiger partial charge < -0.3 is 19.9 Å². The molecule has 3 heterocycles. The standard InChI is InChI=1S/C17H27N5O2/c1-3-24-15-12-13(2)19-17(20-15)22-10-8-21(9-11-22)16(23)14-4-6-18-7-5-14/h12,14,18H,3-11H2,1-2H3. The highest BCUT2D eigenvalue weighted by Gasteiger charge is 2.29. The number of nitrogens with one attached hydrogen (secondary N) is 1. The van der Waals surface area contributed by atoms with Crippen molar-refractivity contribution < 1.29 is 9.53 Å². The first-order chi connectivity index (χ1) is 11.7. The van der Waals surface area contributed by atoms with Crippen LogP contribution in [0.4, 0.5) is 5.95 Å². The van der Waals surface area contributed by atoms with Crippen LogP contribution in [0.5, 0.6) is 5.88 Å². The van der Waals surface area contributed by atoms with Gasteiger partial charge in [-0.25, -0.2) is 4.98 Å². The van der Waals surface area contributed by atoms with Gasteiger partial charge in [-0.2, -0.15) is 4.98 Å². The Labute approximate surface area is 143 Å². The average molecular weight is 333 g/mol. The second-order valence-corrected chi connectivity index (χ2v) is 6.42. The van der Waals surface area contributed by atoms with Crippen LogP contribution >= 0.6 is 0 Å². The Morgan fingerprint density at radius 3 is 2.62 bits per heavy atom. The van der Waals surface area contributed by atoms with Gasteiger partial charge in [0, 0.05) is 43.9 Å². The first-order valence-electron chi connectivity index (χ1n) is 8.90. The van der Waals surface area contributed by atoms with E-state index in [2.05, 4.69) is 20.2 Å². The molecule has 2 saturated heterocycles. The zero-order chi connectivity index (χ0) is 16.9. The van der Waals surface area contributed by atoms with Crippen molar-refractivity contribution in [3.05, 3.63) is 11.8 Å². The van der Waals surface area contributed by atoms with Crippen molar-refractivity contribution in [2.75, 3.05) is 50.8 Å². The van der Waals surface area contributed by atoms with Gasteiger partial charge in [-0.15, -0.1) is 0 Å². The molecular weight excluding hydrogens is 306 g/mol. The summed E-state index contributed by atoms with van der Waals surface area (Å²) in [6.07, 6.45) is 1.91. The highest BCUT2D eigenvalue weighted by Crippen LogP contribution is 2.20. The Morgan fingerprint density at radius 2 is 1.96 bits per heavy atom. The summed E-state index contributed by atoms with van der Waals surface area (Å²) in [6, 6.07) is 1.85. The normalized spacial score (nSPS) is 19.4. The molecule has 1 aromatic rings. The van der Waals surface area contributed by atoms with E-state index in [-0.39, 0.29) is 5.92 Å². The van der Waals surface area contributed by atoms with E-state index >= 15 is 0 Å². The molecule has 2 fully saturated rings. The van der Waals surface area contributed by atoms with Gasteiger partial charge in [0.1, 0.15) is 0 Å². The molecule has 7 nitrogen and oxygen atoms in total. The van der Waals surface area contributed by atoms with Crippen molar-refractivity contribution in [1.82, 2.24) is 20.2 Å². The molecule has 0 saturated carbocycles. The molecule has 0 bridgehead atoms. The van der Waals surface area contributed by atoms with Crippen LogP contribution in [0.1, 0.15) is 25.5 Å². The zero-order valence-electron chi connectivity index (χ0n) is 14.6. The number of carbonyl (C=O) groups is 1. The number of nitrogens with zero attached hydrogens (tertiary/aromatic N) is 4. The smallest absolute Gasteiger partial charge is 0.228 e. The molecule has 2 aliphatic heterocycles. The number of carbonyl (C=O) groups excluding carboxylic acids is 1. The summed E-state index contributed by atoms with van der Waals surface area (Å²) in [5.41, 5.74) is 0.900. The minimum absolute atomic E-state index is 0.192. The molecule has 1 amide bonds. The summed E-state index contributed by atoms with van der Waals surface area (Å²) < 4.78 is 5.51. The summed E-state index contributed by atoms with van der Waals surface area (Å²) in [5, 5.41) is 3.31. The van der Waals surface area contributed by atoms with Crippen LogP contribution in [-0.2, 0) is 4.79 Å². The van der Waals surface area contributed by atoms with Crippen LogP contribution < -0.4 is 15.0 Å². The summed E-state index contributed by atoms with van der Waals surface area (Å²) in [6.45, 7) is 9.41. The molecule has 0 aromatic carbocycles. The fourth-order valence-electron chi connectivity index (χ4n) is 3.34. The number of aromatic nitrogens is 2. The van der Waals surface area contributed by atoms with Gasteiger partial charge in [0.25, 0.3) is 0 Å². The van der Waals surface area contributed by atoms with Crippen molar-refractivity contribution in [1.29, 1.82) is 0 Å². The van der Waals surface area contributed by atoms with E-state index in [1.54, 1.807) is 0 Å². The summed E-state index contributed by atoms with van der Waals surface area (Å²) in [7, 11) is 0. The van der Waals surface area contributed by atoms with Crippen LogP contribution in [0, 0.1) is 12.8 Å². The Bertz CT molecular complexity index is 566. The number of ether oxygens (including phenoxy) is 1. The van der Waals surface area contributed by atoms with E-state index < -0.39 is 0 Å². The van der Waals surface area contributed by atoms with Crippen LogP contribution in [-0.4, -0.2) is 66.7 Å². The minimum atomic E-state index is 0.192. The van der Waals surface area contributed by atoms with Crippen LogP contribution in [0.25, 0.3) is 0 Å². The highest BCUT2D eigenvalue weighted by atomic mass is 16.5. The lowest BCUT2D eigenvalue weighted by atomic mass is 9.96. The molecule has 3 rings (SSSR count). The second kappa shape index (κ2) is 7.79. The minimum Gasteiger partial charge on any atom is -0.478 e. The molecule has 24 heavy (non-hydrogen) atoms. The monoisotopic (exact) mass is 333 g/mol. The average Bonchev–Trinajstić information content (AvgIpc) is 2.62. The molecule has 0 unspecified atom stereocenters. The fraction of sp³-hybridized carbons (Fsp3) is 0.706. The maximum atomic E-state index is 12.6. The third-order valence-electron chi connectivity index (χ3n) is 4.67. The Hall–Kier alpha value is -1.89. The number of piperazine rings is 1. The summed E-state index contributed by atoms with van der Waals surface area (Å²) in [4.78, 5) is 25.8. The number of aryl methyl sites for hydroxylation is 1. The highest BCUT2D eigenvalue weighted by molar-refractivity contribution is 5.79. The lowest BCUT2D eigenvalue weighted by Gasteiger charge is -2.37. The predicted molar refractivity (Wildman–Crippen MR) is 92.3 cm³/mol. The van der Waals surface area contributed by atoms with Crippen LogP contribution in [0.2, 0.25) is 0 Å². The quantitative estimate of drug-likeness (QED) is 0.880. The first kappa shape index (κ1) is 17.0. The van der Waals surface area contributed by atoms with Gasteiger partial charge in [-0.05, 0) is 39.8 Å².